The number of nitrogens with two attached hydrogens (primary N) is 1. The molecule has 0 aromatic carbocycles. The second-order valence-electron chi connectivity index (χ2n) is 7.24. The van der Waals surface area contributed by atoms with Crippen LogP contribution >= 0.6 is 0 Å². The molecule has 5 unspecified atom stereocenters. The van der Waals surface area contributed by atoms with Gasteiger partial charge in [0.1, 0.15) is 0 Å². The van der Waals surface area contributed by atoms with Gasteiger partial charge >= 0.3 is 0 Å². The largest absolute Gasteiger partial charge is 0.325 e. The molecule has 4 saturated carbocycles. The van der Waals surface area contributed by atoms with Crippen LogP contribution in [0, 0.1) is 22.2 Å². The molecular weight excluding hydrogens is 158 g/mol. The molecule has 4 fully saturated rings. The van der Waals surface area contributed by atoms with Crippen molar-refractivity contribution in [1.29, 1.82) is 0 Å². The first-order valence-electron chi connectivity index (χ1n) is 5.71. The average molecular weight is 177 g/mol. The van der Waals surface area contributed by atoms with E-state index in [1.54, 1.807) is 0 Å². The monoisotopic (exact) mass is 177 g/mol. The first-order chi connectivity index (χ1) is 5.92. The van der Waals surface area contributed by atoms with Gasteiger partial charge in [-0.2, -0.15) is 0 Å². The molecule has 0 amide bonds. The Kier molecular flexibility index (Phi) is 0.787. The highest BCUT2D eigenvalue weighted by Gasteiger charge is 2.85. The lowest BCUT2D eigenvalue weighted by atomic mass is 9.52. The van der Waals surface area contributed by atoms with Crippen LogP contribution in [0.5, 0.6) is 0 Å². The number of hydrogen-bond donors (Lipinski definition) is 1. The zero-order valence-electron chi connectivity index (χ0n) is 8.69. The van der Waals surface area contributed by atoms with Crippen molar-refractivity contribution < 1.29 is 0 Å². The van der Waals surface area contributed by atoms with Gasteiger partial charge in [0, 0.05) is 5.54 Å². The van der Waals surface area contributed by atoms with Crippen molar-refractivity contribution in [2.45, 2.75) is 51.5 Å². The second kappa shape index (κ2) is 1.41. The van der Waals surface area contributed by atoms with E-state index in [1.165, 1.54) is 32.1 Å². The zero-order chi connectivity index (χ0) is 9.11. The van der Waals surface area contributed by atoms with Gasteiger partial charge in [-0.3, -0.25) is 0 Å². The van der Waals surface area contributed by atoms with Crippen molar-refractivity contribution in [3.05, 3.63) is 0 Å². The van der Waals surface area contributed by atoms with Crippen molar-refractivity contribution in [1.82, 2.24) is 0 Å². The lowest BCUT2D eigenvalue weighted by Gasteiger charge is -2.53. The molecule has 1 nitrogen and oxygen atoms in total. The highest BCUT2D eigenvalue weighted by Crippen LogP contribution is 2.88. The van der Waals surface area contributed by atoms with Crippen LogP contribution in [0.3, 0.4) is 0 Å². The molecule has 1 spiro atoms. The number of rotatable bonds is 0. The summed E-state index contributed by atoms with van der Waals surface area (Å²) >= 11 is 0. The number of fused-ring (bicyclic) bond motifs is 1. The first-order valence-corrected chi connectivity index (χ1v) is 5.71. The van der Waals surface area contributed by atoms with E-state index >= 15 is 0 Å². The molecule has 72 valence electrons. The Morgan fingerprint density at radius 1 is 1.08 bits per heavy atom. The lowest BCUT2D eigenvalue weighted by molar-refractivity contribution is -0.0373. The highest BCUT2D eigenvalue weighted by molar-refractivity contribution is 5.37. The van der Waals surface area contributed by atoms with Gasteiger partial charge < -0.3 is 5.73 Å². The fourth-order valence-electron chi connectivity index (χ4n) is 6.03. The summed E-state index contributed by atoms with van der Waals surface area (Å²) in [6, 6.07) is 0. The minimum absolute atomic E-state index is 0.292. The molecule has 0 heterocycles. The first kappa shape index (κ1) is 7.28. The predicted molar refractivity (Wildman–Crippen MR) is 52.1 cm³/mol. The summed E-state index contributed by atoms with van der Waals surface area (Å²) in [4.78, 5) is 0. The molecule has 2 N–H and O–H groups in total. The molecule has 0 aromatic rings. The minimum Gasteiger partial charge on any atom is -0.325 e. The third-order valence-corrected chi connectivity index (χ3v) is 5.99. The normalized spacial score (nSPS) is 77.3. The maximum Gasteiger partial charge on any atom is 0.0226 e. The molecule has 4 aliphatic carbocycles. The van der Waals surface area contributed by atoms with E-state index in [1.807, 2.05) is 0 Å². The Bertz CT molecular complexity index is 325. The van der Waals surface area contributed by atoms with Crippen molar-refractivity contribution in [2.24, 2.45) is 27.9 Å². The van der Waals surface area contributed by atoms with Crippen molar-refractivity contribution >= 4 is 0 Å². The summed E-state index contributed by atoms with van der Waals surface area (Å²) in [6.45, 7) is 4.99. The van der Waals surface area contributed by atoms with E-state index < -0.39 is 0 Å². The summed E-state index contributed by atoms with van der Waals surface area (Å²) in [7, 11) is 0. The molecule has 4 aliphatic rings. The Morgan fingerprint density at radius 2 is 1.85 bits per heavy atom. The van der Waals surface area contributed by atoms with Crippen LogP contribution in [0.4, 0.5) is 0 Å². The number of hydrogen-bond acceptors (Lipinski definition) is 1. The fraction of sp³-hybridized carbons (Fsp3) is 1.00. The molecule has 0 radical (unpaired) electrons. The Labute approximate surface area is 80.1 Å². The van der Waals surface area contributed by atoms with Crippen LogP contribution < -0.4 is 5.73 Å². The van der Waals surface area contributed by atoms with Crippen LogP contribution in [0.2, 0.25) is 0 Å². The topological polar surface area (TPSA) is 26.0 Å². The Morgan fingerprint density at radius 3 is 2.62 bits per heavy atom. The van der Waals surface area contributed by atoms with E-state index in [-0.39, 0.29) is 0 Å². The molecule has 5 atom stereocenters. The van der Waals surface area contributed by atoms with Crippen LogP contribution in [-0.2, 0) is 0 Å². The summed E-state index contributed by atoms with van der Waals surface area (Å²) in [5.41, 5.74) is 8.75. The smallest absolute Gasteiger partial charge is 0.0226 e. The molecule has 13 heavy (non-hydrogen) atoms. The van der Waals surface area contributed by atoms with E-state index in [4.69, 9.17) is 5.73 Å². The third-order valence-electron chi connectivity index (χ3n) is 5.99. The highest BCUT2D eigenvalue weighted by atomic mass is 15.0. The van der Waals surface area contributed by atoms with Crippen LogP contribution in [0.1, 0.15) is 46.0 Å². The van der Waals surface area contributed by atoms with E-state index in [0.29, 0.717) is 21.8 Å². The van der Waals surface area contributed by atoms with Crippen LogP contribution in [0.15, 0.2) is 0 Å². The summed E-state index contributed by atoms with van der Waals surface area (Å²) in [5.74, 6) is 1.00. The maximum atomic E-state index is 6.49. The quantitative estimate of drug-likeness (QED) is 0.603. The van der Waals surface area contributed by atoms with Gasteiger partial charge in [-0.1, -0.05) is 13.8 Å². The molecule has 0 saturated heterocycles. The van der Waals surface area contributed by atoms with Crippen molar-refractivity contribution in [2.75, 3.05) is 0 Å². The van der Waals surface area contributed by atoms with Gasteiger partial charge in [-0.15, -0.1) is 0 Å². The van der Waals surface area contributed by atoms with Gasteiger partial charge in [0.15, 0.2) is 0 Å². The van der Waals surface area contributed by atoms with Crippen LogP contribution in [0.25, 0.3) is 0 Å². The SMILES string of the molecule is CC12CC3C(C)(C1)CC31CC1(N)C2. The van der Waals surface area contributed by atoms with Gasteiger partial charge in [0.2, 0.25) is 0 Å². The van der Waals surface area contributed by atoms with E-state index in [2.05, 4.69) is 13.8 Å². The summed E-state index contributed by atoms with van der Waals surface area (Å²) in [6.07, 6.45) is 7.09. The molecule has 0 aromatic heterocycles. The van der Waals surface area contributed by atoms with Gasteiger partial charge in [-0.25, -0.2) is 0 Å². The minimum atomic E-state index is 0.292. The standard InChI is InChI=1S/C12H19N/c1-9-3-8-10(2,4-9)6-11(8)7-12(11,13)5-9/h8H,3-7,13H2,1-2H3. The van der Waals surface area contributed by atoms with Gasteiger partial charge in [0.05, 0.1) is 0 Å². The molecule has 4 rings (SSSR count). The maximum absolute atomic E-state index is 6.49. The molecule has 1 heteroatoms. The zero-order valence-corrected chi connectivity index (χ0v) is 8.69. The Balaban J connectivity index is 1.89. The van der Waals surface area contributed by atoms with Crippen molar-refractivity contribution in [3.63, 3.8) is 0 Å². The summed E-state index contributed by atoms with van der Waals surface area (Å²) in [5, 5.41) is 0. The fourth-order valence-corrected chi connectivity index (χ4v) is 6.03. The lowest BCUT2D eigenvalue weighted by Crippen LogP contribution is -2.51. The molecule has 2 bridgehead atoms. The second-order valence-corrected chi connectivity index (χ2v) is 7.24. The van der Waals surface area contributed by atoms with Gasteiger partial charge in [0.25, 0.3) is 0 Å². The van der Waals surface area contributed by atoms with Crippen molar-refractivity contribution in [3.8, 4) is 0 Å². The molecular formula is C12H19N. The third kappa shape index (κ3) is 0.516. The van der Waals surface area contributed by atoms with Crippen LogP contribution in [-0.4, -0.2) is 5.54 Å². The Hall–Kier alpha value is -0.0400. The van der Waals surface area contributed by atoms with Gasteiger partial charge in [-0.05, 0) is 54.3 Å². The molecule has 0 aliphatic heterocycles. The van der Waals surface area contributed by atoms with E-state index in [0.717, 1.165) is 5.92 Å². The van der Waals surface area contributed by atoms with E-state index in [9.17, 15) is 0 Å². The predicted octanol–water partition coefficient (Wildman–Crippen LogP) is 2.30. The average Bonchev–Trinajstić information content (AvgIpc) is 2.47. The summed E-state index contributed by atoms with van der Waals surface area (Å²) < 4.78 is 0.